The van der Waals surface area contributed by atoms with Crippen LogP contribution in [0.2, 0.25) is 0 Å². The van der Waals surface area contributed by atoms with Gasteiger partial charge in [0.1, 0.15) is 0 Å². The lowest BCUT2D eigenvalue weighted by atomic mass is 10.0. The molecule has 0 saturated heterocycles. The van der Waals surface area contributed by atoms with Crippen molar-refractivity contribution in [2.24, 2.45) is 5.10 Å². The summed E-state index contributed by atoms with van der Waals surface area (Å²) in [5, 5.41) is 15.7. The van der Waals surface area contributed by atoms with Crippen LogP contribution in [0.25, 0.3) is 0 Å². The number of halogens is 3. The van der Waals surface area contributed by atoms with Gasteiger partial charge in [-0.15, -0.1) is 0 Å². The average molecular weight is 371 g/mol. The van der Waals surface area contributed by atoms with E-state index in [0.717, 1.165) is 5.56 Å². The minimum atomic E-state index is -5.13. The largest absolute Gasteiger partial charge is 0.438 e. The maximum atomic E-state index is 13.3. The number of hydrogen-bond donors (Lipinski definition) is 2. The van der Waals surface area contributed by atoms with Crippen LogP contribution in [-0.4, -0.2) is 46.1 Å². The Morgan fingerprint density at radius 1 is 1.27 bits per heavy atom. The monoisotopic (exact) mass is 371 g/mol. The molecule has 26 heavy (non-hydrogen) atoms. The summed E-state index contributed by atoms with van der Waals surface area (Å²) in [6, 6.07) is 9.07. The maximum Gasteiger partial charge on any atom is 0.438 e. The van der Waals surface area contributed by atoms with Crippen molar-refractivity contribution >= 4 is 17.5 Å². The third-order valence-corrected chi connectivity index (χ3v) is 3.96. The van der Waals surface area contributed by atoms with E-state index >= 15 is 0 Å². The lowest BCUT2D eigenvalue weighted by Crippen LogP contribution is -2.59. The maximum absolute atomic E-state index is 13.3. The molecule has 0 fully saturated rings. The van der Waals surface area contributed by atoms with Crippen molar-refractivity contribution in [3.05, 3.63) is 35.9 Å². The van der Waals surface area contributed by atoms with Gasteiger partial charge in [0.15, 0.2) is 0 Å². The van der Waals surface area contributed by atoms with Crippen molar-refractivity contribution in [2.45, 2.75) is 44.5 Å². The molecular formula is C17H20F3N3O3. The Hall–Kier alpha value is -2.42. The molecule has 2 amide bonds. The van der Waals surface area contributed by atoms with Crippen molar-refractivity contribution in [1.82, 2.24) is 10.3 Å². The predicted octanol–water partition coefficient (Wildman–Crippen LogP) is 1.98. The molecule has 2 rings (SSSR count). The number of carbonyl (C=O) groups excluding carboxylic acids is 2. The highest BCUT2D eigenvalue weighted by atomic mass is 19.4. The van der Waals surface area contributed by atoms with Crippen LogP contribution in [0, 0.1) is 0 Å². The third kappa shape index (κ3) is 4.21. The molecule has 1 aromatic rings. The SMILES string of the molecule is CCCC1=NN(C(=O)C(=O)NCCc2ccccc2)[C@@](O)(C(F)(F)F)C1. The summed E-state index contributed by atoms with van der Waals surface area (Å²) in [7, 11) is 0. The fraction of sp³-hybridized carbons (Fsp3) is 0.471. The Morgan fingerprint density at radius 3 is 2.50 bits per heavy atom. The zero-order valence-corrected chi connectivity index (χ0v) is 14.2. The molecule has 0 unspecified atom stereocenters. The van der Waals surface area contributed by atoms with E-state index in [1.54, 1.807) is 19.1 Å². The van der Waals surface area contributed by atoms with E-state index in [4.69, 9.17) is 0 Å². The molecule has 0 radical (unpaired) electrons. The quantitative estimate of drug-likeness (QED) is 0.777. The number of carbonyl (C=O) groups is 2. The highest BCUT2D eigenvalue weighted by Gasteiger charge is 2.63. The highest BCUT2D eigenvalue weighted by Crippen LogP contribution is 2.40. The first kappa shape index (κ1) is 19.9. The lowest BCUT2D eigenvalue weighted by molar-refractivity contribution is -0.301. The minimum absolute atomic E-state index is 0.0257. The number of nitrogens with one attached hydrogen (secondary N) is 1. The molecule has 1 heterocycles. The molecule has 142 valence electrons. The summed E-state index contributed by atoms with van der Waals surface area (Å²) in [4.78, 5) is 24.1. The summed E-state index contributed by atoms with van der Waals surface area (Å²) in [5.41, 5.74) is -2.57. The molecule has 9 heteroatoms. The topological polar surface area (TPSA) is 82.0 Å². The van der Waals surface area contributed by atoms with E-state index in [2.05, 4.69) is 10.4 Å². The van der Waals surface area contributed by atoms with Crippen LogP contribution in [0.3, 0.4) is 0 Å². The minimum Gasteiger partial charge on any atom is -0.362 e. The fourth-order valence-electron chi connectivity index (χ4n) is 2.62. The molecule has 1 aromatic carbocycles. The number of alkyl halides is 3. The van der Waals surface area contributed by atoms with Crippen LogP contribution >= 0.6 is 0 Å². The van der Waals surface area contributed by atoms with Gasteiger partial charge >= 0.3 is 18.0 Å². The lowest BCUT2D eigenvalue weighted by Gasteiger charge is -2.32. The molecule has 2 N–H and O–H groups in total. The van der Waals surface area contributed by atoms with E-state index in [0.29, 0.717) is 12.8 Å². The van der Waals surface area contributed by atoms with Gasteiger partial charge in [-0.05, 0) is 18.4 Å². The second kappa shape index (κ2) is 7.86. The third-order valence-electron chi connectivity index (χ3n) is 3.96. The first-order chi connectivity index (χ1) is 12.2. The average Bonchev–Trinajstić information content (AvgIpc) is 2.93. The fourth-order valence-corrected chi connectivity index (χ4v) is 2.62. The number of nitrogens with zero attached hydrogens (tertiary/aromatic N) is 2. The summed E-state index contributed by atoms with van der Waals surface area (Å²) in [6.07, 6.45) is -4.89. The van der Waals surface area contributed by atoms with Crippen molar-refractivity contribution in [1.29, 1.82) is 0 Å². The van der Waals surface area contributed by atoms with Gasteiger partial charge in [0.05, 0.1) is 0 Å². The van der Waals surface area contributed by atoms with E-state index in [-0.39, 0.29) is 23.7 Å². The normalized spacial score (nSPS) is 20.0. The van der Waals surface area contributed by atoms with Gasteiger partial charge in [-0.25, -0.2) is 0 Å². The summed E-state index contributed by atoms with van der Waals surface area (Å²) < 4.78 is 39.8. The van der Waals surface area contributed by atoms with Crippen LogP contribution < -0.4 is 5.32 Å². The van der Waals surface area contributed by atoms with Gasteiger partial charge in [-0.3, -0.25) is 9.59 Å². The number of benzene rings is 1. The smallest absolute Gasteiger partial charge is 0.362 e. The Morgan fingerprint density at radius 2 is 1.92 bits per heavy atom. The molecule has 1 aliphatic heterocycles. The molecule has 0 saturated carbocycles. The Bertz CT molecular complexity index is 691. The molecule has 1 atom stereocenters. The van der Waals surface area contributed by atoms with Crippen LogP contribution in [0.5, 0.6) is 0 Å². The van der Waals surface area contributed by atoms with E-state index < -0.39 is 30.1 Å². The van der Waals surface area contributed by atoms with Gasteiger partial charge in [0.25, 0.3) is 5.72 Å². The van der Waals surface area contributed by atoms with E-state index in [1.807, 2.05) is 18.2 Å². The zero-order chi connectivity index (χ0) is 19.4. The Labute approximate surface area is 148 Å². The van der Waals surface area contributed by atoms with Crippen molar-refractivity contribution in [3.8, 4) is 0 Å². The summed E-state index contributed by atoms with van der Waals surface area (Å²) >= 11 is 0. The predicted molar refractivity (Wildman–Crippen MR) is 88.0 cm³/mol. The van der Waals surface area contributed by atoms with Gasteiger partial charge in [-0.1, -0.05) is 43.7 Å². The molecule has 0 aliphatic carbocycles. The second-order valence-electron chi connectivity index (χ2n) is 6.02. The van der Waals surface area contributed by atoms with E-state index in [1.165, 1.54) is 0 Å². The van der Waals surface area contributed by atoms with Gasteiger partial charge < -0.3 is 10.4 Å². The summed E-state index contributed by atoms with van der Waals surface area (Å²) in [5.74, 6) is -2.78. The number of aliphatic hydroxyl groups is 1. The van der Waals surface area contributed by atoms with Crippen molar-refractivity contribution in [3.63, 3.8) is 0 Å². The second-order valence-corrected chi connectivity index (χ2v) is 6.02. The van der Waals surface area contributed by atoms with Crippen LogP contribution in [-0.2, 0) is 16.0 Å². The highest BCUT2D eigenvalue weighted by molar-refractivity contribution is 6.35. The molecule has 1 aliphatic rings. The van der Waals surface area contributed by atoms with Crippen LogP contribution in [0.4, 0.5) is 13.2 Å². The van der Waals surface area contributed by atoms with Gasteiger partial charge in [0.2, 0.25) is 0 Å². The van der Waals surface area contributed by atoms with Crippen molar-refractivity contribution in [2.75, 3.05) is 6.54 Å². The van der Waals surface area contributed by atoms with Crippen LogP contribution in [0.15, 0.2) is 35.4 Å². The zero-order valence-electron chi connectivity index (χ0n) is 14.2. The molecule has 0 aromatic heterocycles. The molecule has 6 nitrogen and oxygen atoms in total. The standard InChI is InChI=1S/C17H20F3N3O3/c1-2-6-13-11-16(26,17(18,19)20)23(22-13)15(25)14(24)21-10-9-12-7-4-3-5-8-12/h3-5,7-8,26H,2,6,9-11H2,1H3,(H,21,24)/t16-/m0/s1. The molecular weight excluding hydrogens is 351 g/mol. The first-order valence-electron chi connectivity index (χ1n) is 8.21. The number of rotatable bonds is 5. The Kier molecular flexibility index (Phi) is 6.01. The number of amides is 2. The van der Waals surface area contributed by atoms with Crippen molar-refractivity contribution < 1.29 is 27.9 Å². The number of hydrazone groups is 1. The first-order valence-corrected chi connectivity index (χ1v) is 8.21. The van der Waals surface area contributed by atoms with Crippen LogP contribution in [0.1, 0.15) is 31.7 Å². The van der Waals surface area contributed by atoms with Gasteiger partial charge in [0, 0.05) is 18.7 Å². The molecule has 0 bridgehead atoms. The molecule has 0 spiro atoms. The summed E-state index contributed by atoms with van der Waals surface area (Å²) in [6.45, 7) is 1.80. The van der Waals surface area contributed by atoms with E-state index in [9.17, 15) is 27.9 Å². The van der Waals surface area contributed by atoms with Gasteiger partial charge in [-0.2, -0.15) is 23.3 Å². The Balaban J connectivity index is 2.05. The number of hydrogen-bond acceptors (Lipinski definition) is 4.